The molecule has 2 heterocycles. The molecule has 4 rings (SSSR count). The molecule has 128 valence electrons. The highest BCUT2D eigenvalue weighted by Gasteiger charge is 2.53. The van der Waals surface area contributed by atoms with Gasteiger partial charge in [-0.3, -0.25) is 0 Å². The van der Waals surface area contributed by atoms with E-state index in [1.807, 2.05) is 18.2 Å². The van der Waals surface area contributed by atoms with E-state index in [1.54, 1.807) is 10.7 Å². The largest absolute Gasteiger partial charge is 0.367 e. The molecule has 2 atom stereocenters. The molecule has 4 nitrogen and oxygen atoms in total. The molecule has 0 amide bonds. The van der Waals surface area contributed by atoms with Crippen LogP contribution in [0.15, 0.2) is 55.1 Å². The minimum Gasteiger partial charge on any atom is -0.367 e. The van der Waals surface area contributed by atoms with Gasteiger partial charge in [-0.15, -0.1) is 0 Å². The van der Waals surface area contributed by atoms with E-state index in [4.69, 9.17) is 16.3 Å². The third-order valence-corrected chi connectivity index (χ3v) is 4.95. The second-order valence-corrected chi connectivity index (χ2v) is 6.40. The summed E-state index contributed by atoms with van der Waals surface area (Å²) in [7, 11) is 0. The Hall–Kier alpha value is -2.31. The number of hydrogen-bond donors (Lipinski definition) is 0. The average Bonchev–Trinajstić information content (AvgIpc) is 3.07. The summed E-state index contributed by atoms with van der Waals surface area (Å²) in [6, 6.07) is 10.9. The van der Waals surface area contributed by atoms with Crippen LogP contribution in [0.25, 0.3) is 0 Å². The van der Waals surface area contributed by atoms with Crippen LogP contribution in [0.1, 0.15) is 17.0 Å². The second-order valence-electron chi connectivity index (χ2n) is 5.99. The van der Waals surface area contributed by atoms with E-state index in [0.29, 0.717) is 11.6 Å². The maximum absolute atomic E-state index is 14.6. The van der Waals surface area contributed by atoms with Crippen molar-refractivity contribution in [1.82, 2.24) is 14.8 Å². The Balaban J connectivity index is 1.83. The molecule has 0 spiro atoms. The van der Waals surface area contributed by atoms with E-state index in [2.05, 4.69) is 10.1 Å². The van der Waals surface area contributed by atoms with E-state index >= 15 is 0 Å². The summed E-state index contributed by atoms with van der Waals surface area (Å²) in [6.45, 7) is 0.626. The van der Waals surface area contributed by atoms with Crippen LogP contribution in [0, 0.1) is 11.6 Å². The number of rotatable bonds is 4. The van der Waals surface area contributed by atoms with Gasteiger partial charge in [0.1, 0.15) is 29.9 Å². The molecule has 0 aliphatic carbocycles. The molecule has 0 bridgehead atoms. The van der Waals surface area contributed by atoms with Crippen molar-refractivity contribution in [2.45, 2.75) is 18.1 Å². The first-order valence-electron chi connectivity index (χ1n) is 7.76. The zero-order valence-corrected chi connectivity index (χ0v) is 13.8. The zero-order valence-electron chi connectivity index (χ0n) is 13.1. The quantitative estimate of drug-likeness (QED) is 0.707. The summed E-state index contributed by atoms with van der Waals surface area (Å²) >= 11 is 6.35. The normalized spacial score (nSPS) is 22.6. The fourth-order valence-electron chi connectivity index (χ4n) is 3.36. The first-order chi connectivity index (χ1) is 12.1. The van der Waals surface area contributed by atoms with Gasteiger partial charge >= 0.3 is 0 Å². The molecule has 25 heavy (non-hydrogen) atoms. The molecule has 1 aliphatic heterocycles. The molecule has 2 aromatic carbocycles. The van der Waals surface area contributed by atoms with E-state index < -0.39 is 17.2 Å². The predicted molar refractivity (Wildman–Crippen MR) is 88.2 cm³/mol. The average molecular weight is 362 g/mol. The lowest BCUT2D eigenvalue weighted by atomic mass is 9.73. The first kappa shape index (κ1) is 16.2. The van der Waals surface area contributed by atoms with Crippen molar-refractivity contribution in [2.24, 2.45) is 0 Å². The van der Waals surface area contributed by atoms with Crippen molar-refractivity contribution in [1.29, 1.82) is 0 Å². The number of aromatic nitrogens is 3. The molecule has 0 unspecified atom stereocenters. The summed E-state index contributed by atoms with van der Waals surface area (Å²) in [5.41, 5.74) is 0.107. The van der Waals surface area contributed by atoms with Crippen LogP contribution in [-0.4, -0.2) is 21.4 Å². The molecule has 7 heteroatoms. The SMILES string of the molecule is Fc1ccc([C@]2(Cn3cncn3)OC[C@H]2c2ccccc2Cl)c(F)c1. The molecule has 0 radical (unpaired) electrons. The Morgan fingerprint density at radius 3 is 2.72 bits per heavy atom. The molecule has 0 N–H and O–H groups in total. The molecule has 3 aromatic rings. The van der Waals surface area contributed by atoms with Gasteiger partial charge in [0.15, 0.2) is 0 Å². The lowest BCUT2D eigenvalue weighted by Crippen LogP contribution is -2.52. The van der Waals surface area contributed by atoms with Gasteiger partial charge in [0.05, 0.1) is 13.2 Å². The van der Waals surface area contributed by atoms with Crippen LogP contribution in [0.3, 0.4) is 0 Å². The lowest BCUT2D eigenvalue weighted by Gasteiger charge is -2.50. The molecule has 1 saturated heterocycles. The van der Waals surface area contributed by atoms with Crippen molar-refractivity contribution in [3.05, 3.63) is 82.9 Å². The van der Waals surface area contributed by atoms with Gasteiger partial charge in [0.25, 0.3) is 0 Å². The van der Waals surface area contributed by atoms with Crippen molar-refractivity contribution in [2.75, 3.05) is 6.61 Å². The lowest BCUT2D eigenvalue weighted by molar-refractivity contribution is -0.190. The summed E-state index contributed by atoms with van der Waals surface area (Å²) in [5, 5.41) is 4.69. The topological polar surface area (TPSA) is 39.9 Å². The monoisotopic (exact) mass is 361 g/mol. The van der Waals surface area contributed by atoms with E-state index in [-0.39, 0.29) is 18.0 Å². The van der Waals surface area contributed by atoms with E-state index in [0.717, 1.165) is 11.6 Å². The van der Waals surface area contributed by atoms with Gasteiger partial charge in [-0.25, -0.2) is 18.4 Å². The Kier molecular flexibility index (Phi) is 4.01. The number of ether oxygens (including phenoxy) is 1. The highest BCUT2D eigenvalue weighted by molar-refractivity contribution is 6.31. The maximum atomic E-state index is 14.6. The van der Waals surface area contributed by atoms with E-state index in [1.165, 1.54) is 24.8 Å². The summed E-state index contributed by atoms with van der Waals surface area (Å²) < 4.78 is 35.5. The Bertz CT molecular complexity index is 903. The van der Waals surface area contributed by atoms with Crippen LogP contribution in [0.4, 0.5) is 8.78 Å². The van der Waals surface area contributed by atoms with Gasteiger partial charge < -0.3 is 4.74 Å². The minimum absolute atomic E-state index is 0.189. The van der Waals surface area contributed by atoms with E-state index in [9.17, 15) is 8.78 Å². The molecule has 0 saturated carbocycles. The van der Waals surface area contributed by atoms with Gasteiger partial charge in [0, 0.05) is 22.6 Å². The smallest absolute Gasteiger partial charge is 0.137 e. The Morgan fingerprint density at radius 2 is 2.08 bits per heavy atom. The number of halogens is 3. The fourth-order valence-corrected chi connectivity index (χ4v) is 3.63. The first-order valence-corrected chi connectivity index (χ1v) is 8.14. The van der Waals surface area contributed by atoms with Gasteiger partial charge in [-0.05, 0) is 17.7 Å². The highest BCUT2D eigenvalue weighted by atomic mass is 35.5. The van der Waals surface area contributed by atoms with Crippen LogP contribution < -0.4 is 0 Å². The van der Waals surface area contributed by atoms with Crippen LogP contribution in [0.5, 0.6) is 0 Å². The zero-order chi connectivity index (χ0) is 17.4. The Morgan fingerprint density at radius 1 is 1.24 bits per heavy atom. The van der Waals surface area contributed by atoms with Crippen LogP contribution in [-0.2, 0) is 16.9 Å². The second kappa shape index (κ2) is 6.20. The summed E-state index contributed by atoms with van der Waals surface area (Å²) in [4.78, 5) is 3.93. The van der Waals surface area contributed by atoms with Gasteiger partial charge in [-0.1, -0.05) is 35.9 Å². The standard InChI is InChI=1S/C18H14ClF2N3O/c19-16-4-2-1-3-13(16)15-8-25-18(15,9-24-11-22-10-23-24)14-6-5-12(20)7-17(14)21/h1-7,10-11,15H,8-9H2/t15-,18-/m0/s1. The summed E-state index contributed by atoms with van der Waals surface area (Å²) in [5.74, 6) is -1.48. The van der Waals surface area contributed by atoms with Gasteiger partial charge in [-0.2, -0.15) is 5.10 Å². The molecule has 1 fully saturated rings. The minimum atomic E-state index is -1.03. The number of benzene rings is 2. The Labute approximate surface area is 148 Å². The predicted octanol–water partition coefficient (Wildman–Crippen LogP) is 3.92. The summed E-state index contributed by atoms with van der Waals surface area (Å²) in [6.07, 6.45) is 2.94. The molecular weight excluding hydrogens is 348 g/mol. The van der Waals surface area contributed by atoms with Crippen molar-refractivity contribution in [3.8, 4) is 0 Å². The molecule has 1 aromatic heterocycles. The third kappa shape index (κ3) is 2.71. The van der Waals surface area contributed by atoms with Crippen molar-refractivity contribution < 1.29 is 13.5 Å². The maximum Gasteiger partial charge on any atom is 0.137 e. The number of nitrogens with zero attached hydrogens (tertiary/aromatic N) is 3. The van der Waals surface area contributed by atoms with Gasteiger partial charge in [0.2, 0.25) is 0 Å². The number of hydrogen-bond acceptors (Lipinski definition) is 3. The van der Waals surface area contributed by atoms with Crippen molar-refractivity contribution >= 4 is 11.6 Å². The van der Waals surface area contributed by atoms with Crippen LogP contribution in [0.2, 0.25) is 5.02 Å². The third-order valence-electron chi connectivity index (χ3n) is 4.60. The van der Waals surface area contributed by atoms with Crippen LogP contribution >= 0.6 is 11.6 Å². The fraction of sp³-hybridized carbons (Fsp3) is 0.222. The molecular formula is C18H14ClF2N3O. The van der Waals surface area contributed by atoms with Crippen molar-refractivity contribution in [3.63, 3.8) is 0 Å². The highest BCUT2D eigenvalue weighted by Crippen LogP contribution is 2.51. The molecule has 1 aliphatic rings.